The Morgan fingerprint density at radius 3 is 2.52 bits per heavy atom. The summed E-state index contributed by atoms with van der Waals surface area (Å²) in [6, 6.07) is 2.50. The Kier molecular flexibility index (Phi) is 6.04. The highest BCUT2D eigenvalue weighted by atomic mass is 19.4. The van der Waals surface area contributed by atoms with Crippen LogP contribution in [0, 0.1) is 0 Å². The van der Waals surface area contributed by atoms with E-state index in [9.17, 15) is 22.8 Å². The zero-order valence-corrected chi connectivity index (χ0v) is 15.6. The smallest absolute Gasteiger partial charge is 0.421 e. The molecule has 2 aromatic heterocycles. The van der Waals surface area contributed by atoms with Crippen LogP contribution >= 0.6 is 0 Å². The molecule has 1 amide bonds. The standard InChI is InChI=1S/C18H20F3N5O3/c1-12(9-13-10-14(18(19,20)21)15(27)24-11-13)29-17(28)26-7-5-25(6-8-26)16-22-3-2-4-23-16/h2-4,10-12H,5-9H2,1H3,(H,24,27). The Labute approximate surface area is 164 Å². The number of hydrogen-bond donors (Lipinski definition) is 1. The van der Waals surface area contributed by atoms with Gasteiger partial charge in [-0.15, -0.1) is 0 Å². The normalized spacial score (nSPS) is 15.9. The van der Waals surface area contributed by atoms with Crippen LogP contribution in [0.4, 0.5) is 23.9 Å². The van der Waals surface area contributed by atoms with Crippen molar-refractivity contribution in [3.63, 3.8) is 0 Å². The van der Waals surface area contributed by atoms with Crippen LogP contribution < -0.4 is 10.5 Å². The molecule has 0 aromatic carbocycles. The van der Waals surface area contributed by atoms with Gasteiger partial charge in [-0.2, -0.15) is 13.2 Å². The van der Waals surface area contributed by atoms with Gasteiger partial charge in [0.05, 0.1) is 0 Å². The molecule has 11 heteroatoms. The van der Waals surface area contributed by atoms with E-state index in [1.807, 2.05) is 4.90 Å². The molecule has 8 nitrogen and oxygen atoms in total. The molecular weight excluding hydrogens is 391 g/mol. The maximum atomic E-state index is 12.8. The number of pyridine rings is 1. The highest BCUT2D eigenvalue weighted by molar-refractivity contribution is 5.68. The second kappa shape index (κ2) is 8.50. The summed E-state index contributed by atoms with van der Waals surface area (Å²) in [7, 11) is 0. The summed E-state index contributed by atoms with van der Waals surface area (Å²) in [5, 5.41) is 0. The fourth-order valence-corrected chi connectivity index (χ4v) is 3.02. The zero-order chi connectivity index (χ0) is 21.0. The fourth-order valence-electron chi connectivity index (χ4n) is 3.02. The van der Waals surface area contributed by atoms with E-state index in [-0.39, 0.29) is 12.0 Å². The molecule has 0 aliphatic carbocycles. The molecular formula is C18H20F3N5O3. The highest BCUT2D eigenvalue weighted by Crippen LogP contribution is 2.27. The van der Waals surface area contributed by atoms with E-state index in [0.29, 0.717) is 32.1 Å². The van der Waals surface area contributed by atoms with Crippen molar-refractivity contribution in [1.82, 2.24) is 19.9 Å². The summed E-state index contributed by atoms with van der Waals surface area (Å²) in [6.07, 6.45) is -1.41. The molecule has 1 aliphatic rings. The predicted octanol–water partition coefficient (Wildman–Crippen LogP) is 2.07. The van der Waals surface area contributed by atoms with Crippen molar-refractivity contribution in [3.05, 3.63) is 52.2 Å². The molecule has 1 fully saturated rings. The number of anilines is 1. The summed E-state index contributed by atoms with van der Waals surface area (Å²) in [6.45, 7) is 3.51. The molecule has 0 radical (unpaired) electrons. The number of H-pyrrole nitrogens is 1. The largest absolute Gasteiger partial charge is 0.446 e. The molecule has 1 N–H and O–H groups in total. The first kappa shape index (κ1) is 20.6. The first-order chi connectivity index (χ1) is 13.7. The van der Waals surface area contributed by atoms with Gasteiger partial charge >= 0.3 is 12.3 Å². The Bertz CT molecular complexity index is 896. The maximum Gasteiger partial charge on any atom is 0.421 e. The maximum absolute atomic E-state index is 12.8. The number of ether oxygens (including phenoxy) is 1. The number of amides is 1. The van der Waals surface area contributed by atoms with Gasteiger partial charge in [-0.05, 0) is 24.6 Å². The van der Waals surface area contributed by atoms with Crippen molar-refractivity contribution in [2.45, 2.75) is 25.6 Å². The number of hydrogen-bond acceptors (Lipinski definition) is 6. The van der Waals surface area contributed by atoms with E-state index >= 15 is 0 Å². The number of nitrogens with one attached hydrogen (secondary N) is 1. The number of carbonyl (C=O) groups excluding carboxylic acids is 1. The van der Waals surface area contributed by atoms with Gasteiger partial charge in [-0.1, -0.05) is 0 Å². The zero-order valence-electron chi connectivity index (χ0n) is 15.6. The Balaban J connectivity index is 1.53. The number of halogens is 3. The molecule has 1 aliphatic heterocycles. The second-order valence-electron chi connectivity index (χ2n) is 6.67. The lowest BCUT2D eigenvalue weighted by Gasteiger charge is -2.34. The number of carbonyl (C=O) groups is 1. The van der Waals surface area contributed by atoms with Crippen LogP contribution in [0.15, 0.2) is 35.5 Å². The third kappa shape index (κ3) is 5.24. The van der Waals surface area contributed by atoms with Gasteiger partial charge in [0, 0.05) is 51.2 Å². The van der Waals surface area contributed by atoms with Crippen molar-refractivity contribution in [2.75, 3.05) is 31.1 Å². The van der Waals surface area contributed by atoms with E-state index in [2.05, 4.69) is 15.0 Å². The number of rotatable bonds is 4. The fraction of sp³-hybridized carbons (Fsp3) is 0.444. The lowest BCUT2D eigenvalue weighted by atomic mass is 10.1. The number of nitrogens with zero attached hydrogens (tertiary/aromatic N) is 4. The topological polar surface area (TPSA) is 91.4 Å². The minimum atomic E-state index is -4.74. The molecule has 0 bridgehead atoms. The second-order valence-corrected chi connectivity index (χ2v) is 6.67. The van der Waals surface area contributed by atoms with Crippen LogP contribution in [-0.2, 0) is 17.3 Å². The number of piperazine rings is 1. The van der Waals surface area contributed by atoms with E-state index < -0.39 is 29.5 Å². The SMILES string of the molecule is CC(Cc1c[nH]c(=O)c(C(F)(F)F)c1)OC(=O)N1CCN(c2ncccn2)CC1. The van der Waals surface area contributed by atoms with Crippen LogP contribution in [0.5, 0.6) is 0 Å². The summed E-state index contributed by atoms with van der Waals surface area (Å²) in [5.74, 6) is 0.590. The van der Waals surface area contributed by atoms with E-state index in [4.69, 9.17) is 4.74 Å². The summed E-state index contributed by atoms with van der Waals surface area (Å²) in [5.41, 5.74) is -2.25. The summed E-state index contributed by atoms with van der Waals surface area (Å²) < 4.78 is 43.9. The van der Waals surface area contributed by atoms with Gasteiger partial charge in [0.25, 0.3) is 5.56 Å². The van der Waals surface area contributed by atoms with Crippen LogP contribution in [0.25, 0.3) is 0 Å². The van der Waals surface area contributed by atoms with Crippen molar-refractivity contribution in [3.8, 4) is 0 Å². The van der Waals surface area contributed by atoms with Crippen LogP contribution in [0.2, 0.25) is 0 Å². The van der Waals surface area contributed by atoms with E-state index in [1.165, 1.54) is 11.1 Å². The molecule has 0 saturated carbocycles. The van der Waals surface area contributed by atoms with Gasteiger partial charge in [0.2, 0.25) is 5.95 Å². The molecule has 29 heavy (non-hydrogen) atoms. The molecule has 1 unspecified atom stereocenters. The van der Waals surface area contributed by atoms with Crippen molar-refractivity contribution < 1.29 is 22.7 Å². The lowest BCUT2D eigenvalue weighted by molar-refractivity contribution is -0.138. The monoisotopic (exact) mass is 411 g/mol. The lowest BCUT2D eigenvalue weighted by Crippen LogP contribution is -2.50. The molecule has 1 atom stereocenters. The first-order valence-electron chi connectivity index (χ1n) is 9.00. The Morgan fingerprint density at radius 1 is 1.24 bits per heavy atom. The summed E-state index contributed by atoms with van der Waals surface area (Å²) >= 11 is 0. The van der Waals surface area contributed by atoms with Gasteiger partial charge in [0.15, 0.2) is 0 Å². The minimum Gasteiger partial charge on any atom is -0.446 e. The number of aromatic nitrogens is 3. The average molecular weight is 411 g/mol. The van der Waals surface area contributed by atoms with Gasteiger partial charge in [0.1, 0.15) is 11.7 Å². The molecule has 3 rings (SSSR count). The molecule has 0 spiro atoms. The van der Waals surface area contributed by atoms with Crippen molar-refractivity contribution >= 4 is 12.0 Å². The first-order valence-corrected chi connectivity index (χ1v) is 9.00. The molecule has 3 heterocycles. The Hall–Kier alpha value is -3.11. The average Bonchev–Trinajstić information content (AvgIpc) is 2.69. The van der Waals surface area contributed by atoms with Crippen molar-refractivity contribution in [1.29, 1.82) is 0 Å². The van der Waals surface area contributed by atoms with Crippen LogP contribution in [-0.4, -0.2) is 58.2 Å². The van der Waals surface area contributed by atoms with Crippen LogP contribution in [0.3, 0.4) is 0 Å². The third-order valence-corrected chi connectivity index (χ3v) is 4.47. The molecule has 1 saturated heterocycles. The molecule has 156 valence electrons. The van der Waals surface area contributed by atoms with Crippen molar-refractivity contribution in [2.24, 2.45) is 0 Å². The van der Waals surface area contributed by atoms with Crippen LogP contribution in [0.1, 0.15) is 18.1 Å². The van der Waals surface area contributed by atoms with Gasteiger partial charge in [-0.3, -0.25) is 4.79 Å². The van der Waals surface area contributed by atoms with E-state index in [0.717, 1.165) is 6.07 Å². The van der Waals surface area contributed by atoms with Gasteiger partial charge < -0.3 is 19.5 Å². The number of aromatic amines is 1. The minimum absolute atomic E-state index is 0.0451. The predicted molar refractivity (Wildman–Crippen MR) is 97.5 cm³/mol. The van der Waals surface area contributed by atoms with E-state index in [1.54, 1.807) is 25.4 Å². The number of alkyl halides is 3. The third-order valence-electron chi connectivity index (χ3n) is 4.47. The Morgan fingerprint density at radius 2 is 1.90 bits per heavy atom. The molecule has 2 aromatic rings. The quantitative estimate of drug-likeness (QED) is 0.828. The highest BCUT2D eigenvalue weighted by Gasteiger charge is 2.34. The van der Waals surface area contributed by atoms with Gasteiger partial charge in [-0.25, -0.2) is 14.8 Å². The summed E-state index contributed by atoms with van der Waals surface area (Å²) in [4.78, 5) is 37.6.